The lowest BCUT2D eigenvalue weighted by Gasteiger charge is -2.07. The monoisotopic (exact) mass is 303 g/mol. The van der Waals surface area contributed by atoms with Gasteiger partial charge in [0.05, 0.1) is 5.56 Å². The Bertz CT molecular complexity index is 719. The van der Waals surface area contributed by atoms with Gasteiger partial charge in [-0.15, -0.1) is 11.8 Å². The van der Waals surface area contributed by atoms with Crippen LogP contribution in [0, 0.1) is 18.3 Å². The minimum atomic E-state index is -0.183. The lowest BCUT2D eigenvalue weighted by Crippen LogP contribution is -2.08. The molecule has 2 rings (SSSR count). The zero-order valence-electron chi connectivity index (χ0n) is 11.1. The van der Waals surface area contributed by atoms with Gasteiger partial charge in [-0.25, -0.2) is 4.98 Å². The van der Waals surface area contributed by atoms with Crippen molar-refractivity contribution in [2.75, 3.05) is 5.75 Å². The molecule has 0 aliphatic rings. The fraction of sp³-hybridized carbons (Fsp3) is 0.214. The number of aryl methyl sites for hydroxylation is 1. The number of H-pyrrole nitrogens is 1. The molecule has 1 aromatic heterocycles. The fourth-order valence-electron chi connectivity index (χ4n) is 1.69. The van der Waals surface area contributed by atoms with Gasteiger partial charge in [-0.2, -0.15) is 5.26 Å². The molecular weight excluding hydrogens is 290 g/mol. The van der Waals surface area contributed by atoms with E-state index >= 15 is 0 Å². The third-order valence-electron chi connectivity index (χ3n) is 2.45. The largest absolute Gasteiger partial charge is 0.301 e. The molecule has 0 amide bonds. The zero-order valence-corrected chi connectivity index (χ0v) is 12.8. The Labute approximate surface area is 125 Å². The van der Waals surface area contributed by atoms with E-state index in [2.05, 4.69) is 16.0 Å². The van der Waals surface area contributed by atoms with E-state index in [0.717, 1.165) is 15.5 Å². The number of nitrogens with one attached hydrogen (secondary N) is 1. The molecule has 4 nitrogen and oxygen atoms in total. The number of benzene rings is 1. The minimum Gasteiger partial charge on any atom is -0.301 e. The summed E-state index contributed by atoms with van der Waals surface area (Å²) in [4.78, 5) is 20.2. The normalized spacial score (nSPS) is 10.2. The molecule has 1 heterocycles. The van der Waals surface area contributed by atoms with E-state index in [9.17, 15) is 10.1 Å². The highest BCUT2D eigenvalue weighted by atomic mass is 32.2. The summed E-state index contributed by atoms with van der Waals surface area (Å²) in [6, 6.07) is 9.39. The molecule has 20 heavy (non-hydrogen) atoms. The first-order valence-electron chi connectivity index (χ1n) is 6.05. The first-order chi connectivity index (χ1) is 9.63. The molecule has 0 fully saturated rings. The number of hydrogen-bond acceptors (Lipinski definition) is 5. The maximum Gasteiger partial charge on any atom is 0.251 e. The second-order valence-electron chi connectivity index (χ2n) is 3.97. The van der Waals surface area contributed by atoms with Crippen molar-refractivity contribution in [1.29, 1.82) is 5.26 Å². The molecule has 1 aromatic carbocycles. The number of thioether (sulfide) groups is 1. The molecular formula is C14H13N3OS2. The van der Waals surface area contributed by atoms with Crippen LogP contribution in [0.15, 0.2) is 44.0 Å². The SMILES string of the molecule is CCSc1cccc(Sc2nc(C)cc(=O)[nH]2)c1C#N. The van der Waals surface area contributed by atoms with Gasteiger partial charge in [0, 0.05) is 21.6 Å². The molecule has 0 unspecified atom stereocenters. The molecule has 0 radical (unpaired) electrons. The van der Waals surface area contributed by atoms with Gasteiger partial charge in [-0.1, -0.05) is 24.8 Å². The molecule has 102 valence electrons. The van der Waals surface area contributed by atoms with Crippen LogP contribution < -0.4 is 5.56 Å². The molecule has 6 heteroatoms. The van der Waals surface area contributed by atoms with Crippen LogP contribution in [0.4, 0.5) is 0 Å². The van der Waals surface area contributed by atoms with E-state index in [1.807, 2.05) is 25.1 Å². The highest BCUT2D eigenvalue weighted by Crippen LogP contribution is 2.33. The number of nitriles is 1. The molecule has 0 aliphatic carbocycles. The molecule has 0 spiro atoms. The van der Waals surface area contributed by atoms with Crippen LogP contribution in [0.2, 0.25) is 0 Å². The number of aromatic amines is 1. The average molecular weight is 303 g/mol. The molecule has 0 bridgehead atoms. The minimum absolute atomic E-state index is 0.183. The highest BCUT2D eigenvalue weighted by Gasteiger charge is 2.11. The Hall–Kier alpha value is -1.71. The van der Waals surface area contributed by atoms with Crippen LogP contribution in [0.3, 0.4) is 0 Å². The molecule has 0 aliphatic heterocycles. The topological polar surface area (TPSA) is 69.5 Å². The van der Waals surface area contributed by atoms with Crippen molar-refractivity contribution < 1.29 is 0 Å². The lowest BCUT2D eigenvalue weighted by atomic mass is 10.2. The van der Waals surface area contributed by atoms with Crippen LogP contribution in [0.5, 0.6) is 0 Å². The van der Waals surface area contributed by atoms with E-state index in [0.29, 0.717) is 16.4 Å². The predicted molar refractivity (Wildman–Crippen MR) is 81.3 cm³/mol. The quantitative estimate of drug-likeness (QED) is 0.694. The van der Waals surface area contributed by atoms with Gasteiger partial charge in [-0.05, 0) is 24.8 Å². The van der Waals surface area contributed by atoms with Crippen molar-refractivity contribution in [3.63, 3.8) is 0 Å². The van der Waals surface area contributed by atoms with Crippen LogP contribution >= 0.6 is 23.5 Å². The second-order valence-corrected chi connectivity index (χ2v) is 6.30. The van der Waals surface area contributed by atoms with Gasteiger partial charge in [0.15, 0.2) is 5.16 Å². The third kappa shape index (κ3) is 3.44. The summed E-state index contributed by atoms with van der Waals surface area (Å²) in [6.07, 6.45) is 0. The predicted octanol–water partition coefficient (Wildman–Crippen LogP) is 3.21. The smallest absolute Gasteiger partial charge is 0.251 e. The van der Waals surface area contributed by atoms with E-state index in [4.69, 9.17) is 0 Å². The maximum absolute atomic E-state index is 11.4. The van der Waals surface area contributed by atoms with Crippen LogP contribution in [-0.2, 0) is 0 Å². The molecule has 0 saturated carbocycles. The van der Waals surface area contributed by atoms with Crippen molar-refractivity contribution in [3.05, 3.63) is 45.9 Å². The summed E-state index contributed by atoms with van der Waals surface area (Å²) >= 11 is 2.93. The number of rotatable bonds is 4. The zero-order chi connectivity index (χ0) is 14.5. The van der Waals surface area contributed by atoms with Gasteiger partial charge in [-0.3, -0.25) is 4.79 Å². The Balaban J connectivity index is 2.41. The van der Waals surface area contributed by atoms with Gasteiger partial charge in [0.25, 0.3) is 5.56 Å². The Morgan fingerprint density at radius 2 is 2.15 bits per heavy atom. The Kier molecular flexibility index (Phi) is 4.88. The first kappa shape index (κ1) is 14.7. The summed E-state index contributed by atoms with van der Waals surface area (Å²) in [5, 5.41) is 9.85. The summed E-state index contributed by atoms with van der Waals surface area (Å²) in [5.41, 5.74) is 1.11. The van der Waals surface area contributed by atoms with Crippen LogP contribution in [0.25, 0.3) is 0 Å². The van der Waals surface area contributed by atoms with Crippen molar-refractivity contribution >= 4 is 23.5 Å². The standard InChI is InChI=1S/C14H13N3OS2/c1-3-19-11-5-4-6-12(10(11)8-15)20-14-16-9(2)7-13(18)17-14/h4-7H,3H2,1-2H3,(H,16,17,18). The van der Waals surface area contributed by atoms with Crippen LogP contribution in [0.1, 0.15) is 18.2 Å². The summed E-state index contributed by atoms with van der Waals surface area (Å²) < 4.78 is 0. The number of aromatic nitrogens is 2. The maximum atomic E-state index is 11.4. The van der Waals surface area contributed by atoms with E-state index in [1.165, 1.54) is 17.8 Å². The molecule has 0 atom stereocenters. The summed E-state index contributed by atoms with van der Waals surface area (Å²) in [5.74, 6) is 0.905. The Morgan fingerprint density at radius 3 is 2.80 bits per heavy atom. The first-order valence-corrected chi connectivity index (χ1v) is 7.86. The number of nitrogens with zero attached hydrogens (tertiary/aromatic N) is 2. The highest BCUT2D eigenvalue weighted by molar-refractivity contribution is 8.00. The summed E-state index contributed by atoms with van der Waals surface area (Å²) in [7, 11) is 0. The van der Waals surface area contributed by atoms with Gasteiger partial charge in [0.2, 0.25) is 0 Å². The lowest BCUT2D eigenvalue weighted by molar-refractivity contribution is 0.905. The fourth-order valence-corrected chi connectivity index (χ4v) is 3.49. The van der Waals surface area contributed by atoms with Gasteiger partial charge in [0.1, 0.15) is 6.07 Å². The molecule has 2 aromatic rings. The van der Waals surface area contributed by atoms with Crippen LogP contribution in [-0.4, -0.2) is 15.7 Å². The van der Waals surface area contributed by atoms with E-state index in [1.54, 1.807) is 18.7 Å². The van der Waals surface area contributed by atoms with Crippen molar-refractivity contribution in [1.82, 2.24) is 9.97 Å². The Morgan fingerprint density at radius 1 is 1.40 bits per heavy atom. The van der Waals surface area contributed by atoms with Gasteiger partial charge < -0.3 is 4.98 Å². The van der Waals surface area contributed by atoms with E-state index < -0.39 is 0 Å². The number of hydrogen-bond donors (Lipinski definition) is 1. The van der Waals surface area contributed by atoms with E-state index in [-0.39, 0.29) is 5.56 Å². The van der Waals surface area contributed by atoms with Crippen molar-refractivity contribution in [2.45, 2.75) is 28.8 Å². The summed E-state index contributed by atoms with van der Waals surface area (Å²) in [6.45, 7) is 3.82. The second kappa shape index (κ2) is 6.64. The average Bonchev–Trinajstić information content (AvgIpc) is 2.38. The molecule has 1 N–H and O–H groups in total. The third-order valence-corrected chi connectivity index (χ3v) is 4.34. The van der Waals surface area contributed by atoms with Gasteiger partial charge >= 0.3 is 0 Å². The molecule has 0 saturated heterocycles. The van der Waals surface area contributed by atoms with Crippen molar-refractivity contribution in [3.8, 4) is 6.07 Å². The van der Waals surface area contributed by atoms with Crippen molar-refractivity contribution in [2.24, 2.45) is 0 Å².